The van der Waals surface area contributed by atoms with E-state index < -0.39 is 5.54 Å². The summed E-state index contributed by atoms with van der Waals surface area (Å²) in [5.74, 6) is 0.271. The van der Waals surface area contributed by atoms with Gasteiger partial charge >= 0.3 is 5.97 Å². The van der Waals surface area contributed by atoms with E-state index in [9.17, 15) is 4.79 Å². The number of benzene rings is 2. The number of halogens is 1. The van der Waals surface area contributed by atoms with E-state index in [0.29, 0.717) is 35.9 Å². The molecule has 3 aromatic rings. The molecule has 1 aliphatic heterocycles. The zero-order valence-corrected chi connectivity index (χ0v) is 18.0. The molecule has 1 aliphatic rings. The van der Waals surface area contributed by atoms with Crippen LogP contribution in [0.5, 0.6) is 5.75 Å². The van der Waals surface area contributed by atoms with E-state index in [4.69, 9.17) is 25.9 Å². The Bertz CT molecular complexity index is 1010. The van der Waals surface area contributed by atoms with Gasteiger partial charge in [0.05, 0.1) is 24.8 Å². The predicted octanol–water partition coefficient (Wildman–Crippen LogP) is 3.33. The average molecular weight is 443 g/mol. The number of methoxy groups -OCH3 is 1. The van der Waals surface area contributed by atoms with Gasteiger partial charge in [-0.15, -0.1) is 0 Å². The standard InChI is InChI=1S/C22H23ClN4O4/c1-26-22(13-27-15-24-14-25-27,17-5-7-18(23)8-6-17)11-20(31-26)12-30-19-9-3-16(4-10-19)21(28)29-2/h3-10,14-15,20H,11-13H2,1-2H3. The second kappa shape index (κ2) is 9.05. The van der Waals surface area contributed by atoms with Crippen molar-refractivity contribution in [1.82, 2.24) is 19.8 Å². The number of rotatable bonds is 7. The molecule has 1 saturated heterocycles. The Morgan fingerprint density at radius 1 is 1.23 bits per heavy atom. The van der Waals surface area contributed by atoms with Crippen LogP contribution >= 0.6 is 11.6 Å². The summed E-state index contributed by atoms with van der Waals surface area (Å²) in [6.07, 6.45) is 3.72. The maximum atomic E-state index is 11.6. The molecule has 1 aromatic heterocycles. The number of aromatic nitrogens is 3. The summed E-state index contributed by atoms with van der Waals surface area (Å²) in [6, 6.07) is 14.6. The molecular weight excluding hydrogens is 420 g/mol. The fourth-order valence-corrected chi connectivity index (χ4v) is 3.97. The fourth-order valence-electron chi connectivity index (χ4n) is 3.85. The van der Waals surface area contributed by atoms with Crippen LogP contribution in [0.1, 0.15) is 22.3 Å². The second-order valence-electron chi connectivity index (χ2n) is 7.39. The van der Waals surface area contributed by atoms with Crippen LogP contribution < -0.4 is 4.74 Å². The van der Waals surface area contributed by atoms with Crippen molar-refractivity contribution in [3.8, 4) is 5.75 Å². The quantitative estimate of drug-likeness (QED) is 0.519. The zero-order valence-electron chi connectivity index (χ0n) is 17.3. The Hall–Kier alpha value is -2.94. The molecule has 0 amide bonds. The molecule has 31 heavy (non-hydrogen) atoms. The lowest BCUT2D eigenvalue weighted by Gasteiger charge is -2.34. The summed E-state index contributed by atoms with van der Waals surface area (Å²) in [5.41, 5.74) is 1.09. The Labute approximate surface area is 185 Å². The lowest BCUT2D eigenvalue weighted by Crippen LogP contribution is -2.42. The van der Waals surface area contributed by atoms with Crippen LogP contribution in [0, 0.1) is 0 Å². The maximum absolute atomic E-state index is 11.6. The highest BCUT2D eigenvalue weighted by molar-refractivity contribution is 6.30. The minimum absolute atomic E-state index is 0.176. The molecule has 8 nitrogen and oxygen atoms in total. The molecule has 0 aliphatic carbocycles. The first-order valence-electron chi connectivity index (χ1n) is 9.80. The SMILES string of the molecule is COC(=O)c1ccc(OCC2CC(Cn3cncn3)(c3ccc(Cl)cc3)N(C)O2)cc1. The first kappa shape index (κ1) is 21.3. The third kappa shape index (κ3) is 4.56. The molecule has 9 heteroatoms. The van der Waals surface area contributed by atoms with Gasteiger partial charge in [0.25, 0.3) is 0 Å². The van der Waals surface area contributed by atoms with Crippen molar-refractivity contribution in [2.24, 2.45) is 0 Å². The topological polar surface area (TPSA) is 78.7 Å². The van der Waals surface area contributed by atoms with E-state index in [-0.39, 0.29) is 12.1 Å². The van der Waals surface area contributed by atoms with Gasteiger partial charge in [-0.25, -0.2) is 9.78 Å². The second-order valence-corrected chi connectivity index (χ2v) is 7.82. The van der Waals surface area contributed by atoms with Gasteiger partial charge in [-0.2, -0.15) is 10.2 Å². The molecule has 0 N–H and O–H groups in total. The normalized spacial score (nSPS) is 21.2. The number of hydroxylamine groups is 2. The maximum Gasteiger partial charge on any atom is 0.337 e. The first-order chi connectivity index (χ1) is 15.0. The van der Waals surface area contributed by atoms with E-state index in [2.05, 4.69) is 10.1 Å². The van der Waals surface area contributed by atoms with Gasteiger partial charge < -0.3 is 9.47 Å². The van der Waals surface area contributed by atoms with Gasteiger partial charge in [0.2, 0.25) is 0 Å². The molecule has 2 aromatic carbocycles. The van der Waals surface area contributed by atoms with E-state index in [1.165, 1.54) is 13.4 Å². The van der Waals surface area contributed by atoms with Gasteiger partial charge in [0.1, 0.15) is 31.1 Å². The molecular formula is C22H23ClN4O4. The van der Waals surface area contributed by atoms with Crippen molar-refractivity contribution in [2.45, 2.75) is 24.6 Å². The van der Waals surface area contributed by atoms with Gasteiger partial charge in [-0.3, -0.25) is 9.52 Å². The van der Waals surface area contributed by atoms with Crippen molar-refractivity contribution >= 4 is 17.6 Å². The summed E-state index contributed by atoms with van der Waals surface area (Å²) in [6.45, 7) is 0.921. The molecule has 162 valence electrons. The van der Waals surface area contributed by atoms with Crippen LogP contribution in [-0.4, -0.2) is 52.7 Å². The molecule has 0 saturated carbocycles. The highest BCUT2D eigenvalue weighted by atomic mass is 35.5. The number of hydrogen-bond acceptors (Lipinski definition) is 7. The Morgan fingerprint density at radius 2 is 1.97 bits per heavy atom. The molecule has 2 heterocycles. The molecule has 1 fully saturated rings. The summed E-state index contributed by atoms with van der Waals surface area (Å²) in [5, 5.41) is 6.82. The fraction of sp³-hybridized carbons (Fsp3) is 0.318. The van der Waals surface area contributed by atoms with Crippen LogP contribution in [0.2, 0.25) is 5.02 Å². The van der Waals surface area contributed by atoms with Gasteiger partial charge in [0.15, 0.2) is 0 Å². The third-order valence-corrected chi connectivity index (χ3v) is 5.71. The largest absolute Gasteiger partial charge is 0.491 e. The van der Waals surface area contributed by atoms with E-state index in [1.54, 1.807) is 35.3 Å². The van der Waals surface area contributed by atoms with Crippen molar-refractivity contribution in [1.29, 1.82) is 0 Å². The van der Waals surface area contributed by atoms with Gasteiger partial charge in [-0.1, -0.05) is 23.7 Å². The zero-order chi connectivity index (χ0) is 21.8. The minimum Gasteiger partial charge on any atom is -0.491 e. The average Bonchev–Trinajstić information content (AvgIpc) is 3.41. The molecule has 4 rings (SSSR count). The van der Waals surface area contributed by atoms with Gasteiger partial charge in [0, 0.05) is 18.5 Å². The highest BCUT2D eigenvalue weighted by Gasteiger charge is 2.47. The molecule has 2 unspecified atom stereocenters. The van der Waals surface area contributed by atoms with Crippen molar-refractivity contribution in [3.05, 3.63) is 77.3 Å². The monoisotopic (exact) mass is 442 g/mol. The first-order valence-corrected chi connectivity index (χ1v) is 10.2. The summed E-state index contributed by atoms with van der Waals surface area (Å²) < 4.78 is 12.4. The predicted molar refractivity (Wildman–Crippen MR) is 114 cm³/mol. The molecule has 0 spiro atoms. The lowest BCUT2D eigenvalue weighted by molar-refractivity contribution is -0.180. The smallest absolute Gasteiger partial charge is 0.337 e. The lowest BCUT2D eigenvalue weighted by atomic mass is 9.85. The van der Waals surface area contributed by atoms with Crippen LogP contribution in [0.4, 0.5) is 0 Å². The van der Waals surface area contributed by atoms with E-state index in [1.807, 2.05) is 36.4 Å². The molecule has 0 bridgehead atoms. The van der Waals surface area contributed by atoms with Crippen LogP contribution in [0.15, 0.2) is 61.2 Å². The minimum atomic E-state index is -0.457. The number of esters is 1. The Kier molecular flexibility index (Phi) is 6.22. The van der Waals surface area contributed by atoms with E-state index >= 15 is 0 Å². The van der Waals surface area contributed by atoms with Crippen molar-refractivity contribution in [2.75, 3.05) is 20.8 Å². The van der Waals surface area contributed by atoms with Crippen LogP contribution in [0.3, 0.4) is 0 Å². The highest BCUT2D eigenvalue weighted by Crippen LogP contribution is 2.41. The summed E-state index contributed by atoms with van der Waals surface area (Å²) in [7, 11) is 3.27. The Balaban J connectivity index is 1.49. The van der Waals surface area contributed by atoms with Crippen molar-refractivity contribution in [3.63, 3.8) is 0 Å². The molecule has 2 atom stereocenters. The van der Waals surface area contributed by atoms with Crippen LogP contribution in [-0.2, 0) is 21.7 Å². The number of hydrogen-bond donors (Lipinski definition) is 0. The van der Waals surface area contributed by atoms with Gasteiger partial charge in [-0.05, 0) is 42.0 Å². The Morgan fingerprint density at radius 3 is 2.61 bits per heavy atom. The number of carbonyl (C=O) groups excluding carboxylic acids is 1. The third-order valence-electron chi connectivity index (χ3n) is 5.46. The van der Waals surface area contributed by atoms with Crippen molar-refractivity contribution < 1.29 is 19.1 Å². The summed E-state index contributed by atoms with van der Waals surface area (Å²) in [4.78, 5) is 21.8. The molecule has 0 radical (unpaired) electrons. The van der Waals surface area contributed by atoms with E-state index in [0.717, 1.165) is 5.56 Å². The number of nitrogens with zero attached hydrogens (tertiary/aromatic N) is 4. The summed E-state index contributed by atoms with van der Waals surface area (Å²) >= 11 is 6.11. The van der Waals surface area contributed by atoms with Crippen LogP contribution in [0.25, 0.3) is 0 Å². The number of ether oxygens (including phenoxy) is 2. The number of carbonyl (C=O) groups is 1. The number of likely N-dealkylation sites (N-methyl/N-ethyl adjacent to an activating group) is 1.